The first-order valence-corrected chi connectivity index (χ1v) is 20.3. The van der Waals surface area contributed by atoms with Crippen molar-refractivity contribution in [1.82, 2.24) is 0 Å². The average molecular weight is 643 g/mol. The maximum Gasteiger partial charge on any atom is 0.0464 e. The summed E-state index contributed by atoms with van der Waals surface area (Å²) in [4.78, 5) is 0. The maximum absolute atomic E-state index is 4.85. The summed E-state index contributed by atoms with van der Waals surface area (Å²) in [5.41, 5.74) is 0. The molecule has 45 heavy (non-hydrogen) atoms. The lowest BCUT2D eigenvalue weighted by Gasteiger charge is -2.22. The number of ether oxygens (including phenoxy) is 1. The second-order valence-corrected chi connectivity index (χ2v) is 17.4. The second kappa shape index (κ2) is 42.0. The topological polar surface area (TPSA) is 9.23 Å². The molecule has 280 valence electrons. The average Bonchev–Trinajstić information content (AvgIpc) is 2.90. The summed E-state index contributed by atoms with van der Waals surface area (Å²) in [7, 11) is 1.74. The van der Waals surface area contributed by atoms with Gasteiger partial charge in [-0.05, 0) is 72.5 Å². The van der Waals surface area contributed by atoms with E-state index >= 15 is 0 Å². The van der Waals surface area contributed by atoms with E-state index < -0.39 is 0 Å². The third-order valence-electron chi connectivity index (χ3n) is 7.69. The van der Waals surface area contributed by atoms with Gasteiger partial charge in [0.15, 0.2) is 0 Å². The molecular weight excluding hydrogens is 544 g/mol. The fraction of sp³-hybridized carbons (Fsp3) is 1.00. The Balaban J connectivity index is -0.000000144. The van der Waals surface area contributed by atoms with Gasteiger partial charge in [0.05, 0.1) is 0 Å². The van der Waals surface area contributed by atoms with Crippen molar-refractivity contribution in [2.75, 3.05) is 13.7 Å². The molecule has 1 fully saturated rings. The van der Waals surface area contributed by atoms with Gasteiger partial charge in [-0.1, -0.05) is 202 Å². The molecule has 0 radical (unpaired) electrons. The lowest BCUT2D eigenvalue weighted by Crippen LogP contribution is -2.08. The molecule has 0 aromatic rings. The van der Waals surface area contributed by atoms with Crippen LogP contribution in [0.5, 0.6) is 0 Å². The van der Waals surface area contributed by atoms with Crippen LogP contribution in [0.2, 0.25) is 0 Å². The van der Waals surface area contributed by atoms with E-state index in [0.717, 1.165) is 59.9 Å². The summed E-state index contributed by atoms with van der Waals surface area (Å²) >= 11 is 0. The van der Waals surface area contributed by atoms with Crippen molar-refractivity contribution < 1.29 is 4.74 Å². The monoisotopic (exact) mass is 643 g/mol. The Morgan fingerprint density at radius 2 is 0.844 bits per heavy atom. The lowest BCUT2D eigenvalue weighted by molar-refractivity contribution is 0.183. The van der Waals surface area contributed by atoms with E-state index in [9.17, 15) is 0 Å². The zero-order chi connectivity index (χ0) is 36.2. The number of rotatable bonds is 15. The van der Waals surface area contributed by atoms with Crippen LogP contribution in [0.25, 0.3) is 0 Å². The number of hydrogen-bond acceptors (Lipinski definition) is 1. The highest BCUT2D eigenvalue weighted by Crippen LogP contribution is 2.28. The quantitative estimate of drug-likeness (QED) is 0.173. The third kappa shape index (κ3) is 75.8. The molecule has 1 rings (SSSR count). The van der Waals surface area contributed by atoms with Crippen LogP contribution in [-0.4, -0.2) is 13.7 Å². The van der Waals surface area contributed by atoms with Crippen molar-refractivity contribution in [2.24, 2.45) is 53.3 Å². The van der Waals surface area contributed by atoms with Gasteiger partial charge in [0.2, 0.25) is 0 Å². The molecule has 1 saturated carbocycles. The number of methoxy groups -OCH3 is 1. The molecule has 0 aromatic carbocycles. The molecule has 1 heteroatoms. The van der Waals surface area contributed by atoms with E-state index in [4.69, 9.17) is 4.74 Å². The molecule has 1 nitrogen and oxygen atoms in total. The minimum Gasteiger partial charge on any atom is -0.385 e. The van der Waals surface area contributed by atoms with Crippen LogP contribution in [0, 0.1) is 53.3 Å². The Kier molecular flexibility index (Phi) is 50.8. The van der Waals surface area contributed by atoms with Gasteiger partial charge in [-0.15, -0.1) is 0 Å². The molecule has 0 spiro atoms. The van der Waals surface area contributed by atoms with Crippen LogP contribution < -0.4 is 0 Å². The Morgan fingerprint density at radius 3 is 1.02 bits per heavy atom. The zero-order valence-corrected chi connectivity index (χ0v) is 35.9. The van der Waals surface area contributed by atoms with Gasteiger partial charge in [-0.2, -0.15) is 0 Å². The van der Waals surface area contributed by atoms with E-state index in [-0.39, 0.29) is 0 Å². The van der Waals surface area contributed by atoms with Gasteiger partial charge < -0.3 is 4.74 Å². The highest BCUT2D eigenvalue weighted by atomic mass is 16.5. The van der Waals surface area contributed by atoms with Gasteiger partial charge in [-0.25, -0.2) is 0 Å². The van der Waals surface area contributed by atoms with Crippen molar-refractivity contribution in [1.29, 1.82) is 0 Å². The van der Waals surface area contributed by atoms with Crippen molar-refractivity contribution in [3.05, 3.63) is 0 Å². The Labute approximate surface area is 292 Å². The summed E-state index contributed by atoms with van der Waals surface area (Å²) in [6, 6.07) is 0. The first-order valence-electron chi connectivity index (χ1n) is 20.3. The van der Waals surface area contributed by atoms with E-state index in [1.54, 1.807) is 7.11 Å². The van der Waals surface area contributed by atoms with Gasteiger partial charge in [0, 0.05) is 13.7 Å². The van der Waals surface area contributed by atoms with Crippen molar-refractivity contribution in [2.45, 2.75) is 221 Å². The summed E-state index contributed by atoms with van der Waals surface area (Å²) in [5.74, 6) is 8.10. The van der Waals surface area contributed by atoms with Crippen molar-refractivity contribution in [3.63, 3.8) is 0 Å². The molecule has 0 saturated heterocycles. The van der Waals surface area contributed by atoms with E-state index in [1.807, 2.05) is 0 Å². The third-order valence-corrected chi connectivity index (χ3v) is 7.69. The normalized spacial score (nSPS) is 13.1. The lowest BCUT2D eigenvalue weighted by atomic mass is 9.84. The summed E-state index contributed by atoms with van der Waals surface area (Å²) in [6.45, 7) is 41.7. The van der Waals surface area contributed by atoms with E-state index in [0.29, 0.717) is 0 Å². The number of unbranched alkanes of at least 4 members (excludes halogenated alkanes) is 1. The second-order valence-electron chi connectivity index (χ2n) is 17.4. The first-order chi connectivity index (χ1) is 20.8. The highest BCUT2D eigenvalue weighted by Gasteiger charge is 2.13. The van der Waals surface area contributed by atoms with Crippen LogP contribution in [-0.2, 0) is 4.74 Å². The molecule has 0 aliphatic heterocycles. The standard InChI is InChI=1S/C10H20.C8H18.2C7H16.C6H14O.C6H14/c1-9(2)8-10-6-4-3-5-7-10;1-7(2)5-6-8(3)4;1-6(2)5-7(3)4;1-4-5-6-7(2)3;1-6(2)4-5-7-3;1-4-5-6(2)3/h9-10H,3-8H2,1-2H3;7-8H,5-6H2,1-4H3;6-7H,5H2,1-4H3;7H,4-6H2,1-3H3;6H,4-5H2,1-3H3;6H,4-5H2,1-3H3. The van der Waals surface area contributed by atoms with E-state index in [2.05, 4.69) is 125 Å². The van der Waals surface area contributed by atoms with Crippen LogP contribution in [0.4, 0.5) is 0 Å². The zero-order valence-electron chi connectivity index (χ0n) is 35.9. The predicted molar refractivity (Wildman–Crippen MR) is 215 cm³/mol. The summed E-state index contributed by atoms with van der Waals surface area (Å²) in [6.07, 6.45) is 21.1. The van der Waals surface area contributed by atoms with Gasteiger partial charge in [-0.3, -0.25) is 0 Å². The minimum absolute atomic E-state index is 0.778. The highest BCUT2D eigenvalue weighted by molar-refractivity contribution is 4.66. The van der Waals surface area contributed by atoms with Crippen LogP contribution in [0.1, 0.15) is 221 Å². The van der Waals surface area contributed by atoms with Crippen molar-refractivity contribution >= 4 is 0 Å². The smallest absolute Gasteiger partial charge is 0.0464 e. The van der Waals surface area contributed by atoms with Crippen LogP contribution in [0.15, 0.2) is 0 Å². The van der Waals surface area contributed by atoms with Crippen molar-refractivity contribution in [3.8, 4) is 0 Å². The largest absolute Gasteiger partial charge is 0.385 e. The Hall–Kier alpha value is -0.0400. The summed E-state index contributed by atoms with van der Waals surface area (Å²) in [5, 5.41) is 0. The van der Waals surface area contributed by atoms with Crippen LogP contribution >= 0.6 is 0 Å². The molecule has 0 heterocycles. The van der Waals surface area contributed by atoms with Crippen LogP contribution in [0.3, 0.4) is 0 Å². The van der Waals surface area contributed by atoms with Gasteiger partial charge in [0.25, 0.3) is 0 Å². The van der Waals surface area contributed by atoms with Gasteiger partial charge in [0.1, 0.15) is 0 Å². The Morgan fingerprint density at radius 1 is 0.444 bits per heavy atom. The molecular formula is C44H98O. The fourth-order valence-corrected chi connectivity index (χ4v) is 5.24. The SMILES string of the molecule is CC(C)CC(C)C.CC(C)CC1CCCCC1.CC(C)CCC(C)C.CCCC(C)C.CCCCC(C)C.COCCC(C)C. The van der Waals surface area contributed by atoms with Gasteiger partial charge >= 0.3 is 0 Å². The number of hydrogen-bond donors (Lipinski definition) is 0. The molecule has 1 aliphatic carbocycles. The molecule has 1 aliphatic rings. The maximum atomic E-state index is 4.85. The predicted octanol–water partition coefficient (Wildman–Crippen LogP) is 16.3. The molecule has 0 atom stereocenters. The first kappa shape index (κ1) is 54.4. The molecule has 0 bridgehead atoms. The summed E-state index contributed by atoms with van der Waals surface area (Å²) < 4.78 is 4.85. The Bertz CT molecular complexity index is 439. The molecule has 0 N–H and O–H groups in total. The molecule has 0 aromatic heterocycles. The minimum atomic E-state index is 0.778. The molecule has 0 amide bonds. The molecule has 0 unspecified atom stereocenters. The fourth-order valence-electron chi connectivity index (χ4n) is 5.24. The van der Waals surface area contributed by atoms with E-state index in [1.165, 1.54) is 96.3 Å².